The molecule has 0 saturated heterocycles. The van der Waals surface area contributed by atoms with Gasteiger partial charge in [0.1, 0.15) is 11.6 Å². The van der Waals surface area contributed by atoms with E-state index in [1.54, 1.807) is 0 Å². The SMILES string of the molecule is CN(C)c1cccc(NCc2ccc(F)cc2F)c1. The van der Waals surface area contributed by atoms with Crippen LogP contribution in [-0.2, 0) is 6.54 Å². The summed E-state index contributed by atoms with van der Waals surface area (Å²) in [4.78, 5) is 1.99. The largest absolute Gasteiger partial charge is 0.381 e. The molecule has 4 heteroatoms. The molecule has 19 heavy (non-hydrogen) atoms. The first kappa shape index (κ1) is 13.3. The summed E-state index contributed by atoms with van der Waals surface area (Å²) in [6.45, 7) is 0.322. The summed E-state index contributed by atoms with van der Waals surface area (Å²) in [6.07, 6.45) is 0. The van der Waals surface area contributed by atoms with Gasteiger partial charge in [0.2, 0.25) is 0 Å². The lowest BCUT2D eigenvalue weighted by atomic mass is 10.2. The van der Waals surface area contributed by atoms with Crippen molar-refractivity contribution in [2.24, 2.45) is 0 Å². The smallest absolute Gasteiger partial charge is 0.131 e. The molecule has 2 nitrogen and oxygen atoms in total. The number of hydrogen-bond acceptors (Lipinski definition) is 2. The molecule has 0 aliphatic rings. The summed E-state index contributed by atoms with van der Waals surface area (Å²) in [7, 11) is 3.91. The van der Waals surface area contributed by atoms with Gasteiger partial charge in [-0.05, 0) is 24.3 Å². The van der Waals surface area contributed by atoms with Gasteiger partial charge in [-0.3, -0.25) is 0 Å². The van der Waals surface area contributed by atoms with Gasteiger partial charge in [0.15, 0.2) is 0 Å². The van der Waals surface area contributed by atoms with E-state index in [4.69, 9.17) is 0 Å². The van der Waals surface area contributed by atoms with Crippen molar-refractivity contribution in [3.63, 3.8) is 0 Å². The van der Waals surface area contributed by atoms with Crippen LogP contribution in [0.25, 0.3) is 0 Å². The van der Waals surface area contributed by atoms with E-state index in [0.717, 1.165) is 17.4 Å². The Morgan fingerprint density at radius 2 is 1.84 bits per heavy atom. The minimum absolute atomic E-state index is 0.322. The maximum atomic E-state index is 13.5. The zero-order valence-corrected chi connectivity index (χ0v) is 11.0. The first-order chi connectivity index (χ1) is 9.06. The third-order valence-electron chi connectivity index (χ3n) is 2.86. The van der Waals surface area contributed by atoms with Crippen LogP contribution < -0.4 is 10.2 Å². The summed E-state index contributed by atoms with van der Waals surface area (Å²) >= 11 is 0. The highest BCUT2D eigenvalue weighted by Crippen LogP contribution is 2.18. The van der Waals surface area contributed by atoms with Crippen molar-refractivity contribution in [1.82, 2.24) is 0 Å². The average molecular weight is 262 g/mol. The highest BCUT2D eigenvalue weighted by molar-refractivity contribution is 5.57. The van der Waals surface area contributed by atoms with Crippen LogP contribution in [0.5, 0.6) is 0 Å². The van der Waals surface area contributed by atoms with Crippen molar-refractivity contribution in [1.29, 1.82) is 0 Å². The molecule has 0 bridgehead atoms. The van der Waals surface area contributed by atoms with Crippen LogP contribution in [0, 0.1) is 11.6 Å². The van der Waals surface area contributed by atoms with Crippen LogP contribution in [0.4, 0.5) is 20.2 Å². The van der Waals surface area contributed by atoms with Crippen LogP contribution in [0.15, 0.2) is 42.5 Å². The number of halogens is 2. The first-order valence-corrected chi connectivity index (χ1v) is 6.01. The summed E-state index contributed by atoms with van der Waals surface area (Å²) in [6, 6.07) is 11.4. The van der Waals surface area contributed by atoms with Crippen LogP contribution in [0.2, 0.25) is 0 Å². The number of nitrogens with zero attached hydrogens (tertiary/aromatic N) is 1. The molecule has 1 N–H and O–H groups in total. The zero-order chi connectivity index (χ0) is 13.8. The number of nitrogens with one attached hydrogen (secondary N) is 1. The minimum Gasteiger partial charge on any atom is -0.381 e. The normalized spacial score (nSPS) is 10.3. The van der Waals surface area contributed by atoms with E-state index >= 15 is 0 Å². The molecule has 0 radical (unpaired) electrons. The molecule has 0 saturated carbocycles. The third kappa shape index (κ3) is 3.44. The molecule has 0 heterocycles. The Bertz CT molecular complexity index is 568. The number of hydrogen-bond donors (Lipinski definition) is 1. The average Bonchev–Trinajstić information content (AvgIpc) is 2.38. The second-order valence-corrected chi connectivity index (χ2v) is 4.53. The number of anilines is 2. The Morgan fingerprint density at radius 1 is 1.05 bits per heavy atom. The van der Waals surface area contributed by atoms with Crippen molar-refractivity contribution in [3.05, 3.63) is 59.7 Å². The molecule has 0 unspecified atom stereocenters. The van der Waals surface area contributed by atoms with E-state index in [2.05, 4.69) is 5.32 Å². The zero-order valence-electron chi connectivity index (χ0n) is 11.0. The van der Waals surface area contributed by atoms with Crippen LogP contribution in [0.3, 0.4) is 0 Å². The van der Waals surface area contributed by atoms with E-state index in [1.165, 1.54) is 12.1 Å². The van der Waals surface area contributed by atoms with Gasteiger partial charge in [-0.15, -0.1) is 0 Å². The van der Waals surface area contributed by atoms with Gasteiger partial charge in [-0.1, -0.05) is 12.1 Å². The number of benzene rings is 2. The fourth-order valence-corrected chi connectivity index (χ4v) is 1.76. The molecular weight excluding hydrogens is 246 g/mol. The summed E-state index contributed by atoms with van der Waals surface area (Å²) in [5.41, 5.74) is 2.40. The van der Waals surface area contributed by atoms with Gasteiger partial charge in [0.05, 0.1) is 0 Å². The Morgan fingerprint density at radius 3 is 2.53 bits per heavy atom. The molecule has 2 aromatic rings. The van der Waals surface area contributed by atoms with Gasteiger partial charge >= 0.3 is 0 Å². The lowest BCUT2D eigenvalue weighted by Crippen LogP contribution is -2.09. The quantitative estimate of drug-likeness (QED) is 0.905. The van der Waals surface area contributed by atoms with Crippen molar-refractivity contribution < 1.29 is 8.78 Å². The standard InChI is InChI=1S/C15H16F2N2/c1-19(2)14-5-3-4-13(9-14)18-10-11-6-7-12(16)8-15(11)17/h3-9,18H,10H2,1-2H3. The van der Waals surface area contributed by atoms with E-state index in [1.807, 2.05) is 43.3 Å². The topological polar surface area (TPSA) is 15.3 Å². The third-order valence-corrected chi connectivity index (χ3v) is 2.86. The summed E-state index contributed by atoms with van der Waals surface area (Å²) < 4.78 is 26.3. The highest BCUT2D eigenvalue weighted by atomic mass is 19.1. The second-order valence-electron chi connectivity index (χ2n) is 4.53. The van der Waals surface area contributed by atoms with Crippen LogP contribution in [-0.4, -0.2) is 14.1 Å². The van der Waals surface area contributed by atoms with E-state index in [9.17, 15) is 8.78 Å². The first-order valence-electron chi connectivity index (χ1n) is 6.01. The molecule has 0 fully saturated rings. The maximum absolute atomic E-state index is 13.5. The lowest BCUT2D eigenvalue weighted by Gasteiger charge is -2.14. The Balaban J connectivity index is 2.08. The Hall–Kier alpha value is -2.10. The van der Waals surface area contributed by atoms with E-state index < -0.39 is 11.6 Å². The summed E-state index contributed by atoms with van der Waals surface area (Å²) in [5.74, 6) is -1.09. The molecule has 0 amide bonds. The van der Waals surface area contributed by atoms with Gasteiger partial charge < -0.3 is 10.2 Å². The Labute approximate surface area is 111 Å². The van der Waals surface area contributed by atoms with Crippen molar-refractivity contribution >= 4 is 11.4 Å². The van der Waals surface area contributed by atoms with Gasteiger partial charge in [-0.2, -0.15) is 0 Å². The molecular formula is C15H16F2N2. The Kier molecular flexibility index (Phi) is 4.00. The minimum atomic E-state index is -0.559. The van der Waals surface area contributed by atoms with Crippen LogP contribution >= 0.6 is 0 Å². The lowest BCUT2D eigenvalue weighted by molar-refractivity contribution is 0.574. The maximum Gasteiger partial charge on any atom is 0.131 e. The van der Waals surface area contributed by atoms with Crippen molar-refractivity contribution in [2.45, 2.75) is 6.54 Å². The second kappa shape index (κ2) is 5.69. The van der Waals surface area contributed by atoms with Crippen molar-refractivity contribution in [3.8, 4) is 0 Å². The van der Waals surface area contributed by atoms with Gasteiger partial charge in [0, 0.05) is 43.6 Å². The molecule has 0 aliphatic carbocycles. The molecule has 0 atom stereocenters. The fourth-order valence-electron chi connectivity index (χ4n) is 1.76. The molecule has 0 aliphatic heterocycles. The van der Waals surface area contributed by atoms with Gasteiger partial charge in [0.25, 0.3) is 0 Å². The van der Waals surface area contributed by atoms with Crippen molar-refractivity contribution in [2.75, 3.05) is 24.3 Å². The predicted octanol–water partition coefficient (Wildman–Crippen LogP) is 3.64. The van der Waals surface area contributed by atoms with Gasteiger partial charge in [-0.25, -0.2) is 8.78 Å². The fraction of sp³-hybridized carbons (Fsp3) is 0.200. The predicted molar refractivity (Wildman–Crippen MR) is 74.5 cm³/mol. The molecule has 100 valence electrons. The van der Waals surface area contributed by atoms with E-state index in [-0.39, 0.29) is 0 Å². The van der Waals surface area contributed by atoms with E-state index in [0.29, 0.717) is 12.1 Å². The molecule has 2 aromatic carbocycles. The monoisotopic (exact) mass is 262 g/mol. The number of rotatable bonds is 4. The molecule has 0 spiro atoms. The summed E-state index contributed by atoms with van der Waals surface area (Å²) in [5, 5.41) is 3.13. The van der Waals surface area contributed by atoms with Crippen LogP contribution in [0.1, 0.15) is 5.56 Å². The molecule has 2 rings (SSSR count). The molecule has 0 aromatic heterocycles. The highest BCUT2D eigenvalue weighted by Gasteiger charge is 2.04.